The highest BCUT2D eigenvalue weighted by Crippen LogP contribution is 2.29. The van der Waals surface area contributed by atoms with E-state index in [0.717, 1.165) is 25.1 Å². The molecule has 2 unspecified atom stereocenters. The van der Waals surface area contributed by atoms with Crippen LogP contribution in [0.15, 0.2) is 29.3 Å². The van der Waals surface area contributed by atoms with Crippen molar-refractivity contribution in [2.75, 3.05) is 19.6 Å². The summed E-state index contributed by atoms with van der Waals surface area (Å²) in [5.41, 5.74) is -0.585. The Morgan fingerprint density at radius 3 is 2.35 bits per heavy atom. The van der Waals surface area contributed by atoms with Gasteiger partial charge in [-0.3, -0.25) is 9.79 Å². The summed E-state index contributed by atoms with van der Waals surface area (Å²) >= 11 is 0. The van der Waals surface area contributed by atoms with E-state index < -0.39 is 17.6 Å². The van der Waals surface area contributed by atoms with Crippen LogP contribution in [0.3, 0.4) is 0 Å². The molecule has 3 N–H and O–H groups in total. The largest absolute Gasteiger partial charge is 0.416 e. The third-order valence-electron chi connectivity index (χ3n) is 3.92. The molecule has 1 aromatic rings. The minimum absolute atomic E-state index is 0. The van der Waals surface area contributed by atoms with Gasteiger partial charge in [-0.2, -0.15) is 13.2 Å². The number of aliphatic imine (C=N–C) groups is 1. The molecule has 1 aliphatic carbocycles. The molecule has 26 heavy (non-hydrogen) atoms. The van der Waals surface area contributed by atoms with E-state index in [1.54, 1.807) is 0 Å². The summed E-state index contributed by atoms with van der Waals surface area (Å²) in [5.74, 6) is 0.932. The maximum atomic E-state index is 12.5. The quantitative estimate of drug-likeness (QED) is 0.252. The van der Waals surface area contributed by atoms with Gasteiger partial charge < -0.3 is 16.0 Å². The zero-order chi connectivity index (χ0) is 18.4. The van der Waals surface area contributed by atoms with Crippen molar-refractivity contribution in [3.63, 3.8) is 0 Å². The first-order valence-electron chi connectivity index (χ1n) is 8.31. The van der Waals surface area contributed by atoms with Gasteiger partial charge in [-0.1, -0.05) is 6.92 Å². The van der Waals surface area contributed by atoms with Gasteiger partial charge in [0.25, 0.3) is 5.91 Å². The van der Waals surface area contributed by atoms with Crippen molar-refractivity contribution in [3.05, 3.63) is 35.4 Å². The van der Waals surface area contributed by atoms with E-state index in [0.29, 0.717) is 31.0 Å². The Hall–Kier alpha value is -1.52. The number of hydrogen-bond donors (Lipinski definition) is 3. The van der Waals surface area contributed by atoms with Gasteiger partial charge >= 0.3 is 6.18 Å². The molecule has 1 saturated carbocycles. The van der Waals surface area contributed by atoms with Crippen molar-refractivity contribution in [2.45, 2.75) is 32.5 Å². The lowest BCUT2D eigenvalue weighted by atomic mass is 10.1. The molecule has 2 atom stereocenters. The lowest BCUT2D eigenvalue weighted by Gasteiger charge is -2.11. The highest BCUT2D eigenvalue weighted by Gasteiger charge is 2.33. The molecule has 146 valence electrons. The first kappa shape index (κ1) is 22.5. The number of alkyl halides is 3. The Balaban J connectivity index is 0.00000338. The van der Waals surface area contributed by atoms with E-state index >= 15 is 0 Å². The summed E-state index contributed by atoms with van der Waals surface area (Å²) in [6.07, 6.45) is -3.28. The van der Waals surface area contributed by atoms with Gasteiger partial charge in [0.05, 0.1) is 12.1 Å². The summed E-state index contributed by atoms with van der Waals surface area (Å²) in [6.45, 7) is 5.55. The highest BCUT2D eigenvalue weighted by atomic mass is 127. The number of guanidine groups is 1. The van der Waals surface area contributed by atoms with Crippen LogP contribution in [0.1, 0.15) is 36.2 Å². The van der Waals surface area contributed by atoms with E-state index in [2.05, 4.69) is 27.9 Å². The summed E-state index contributed by atoms with van der Waals surface area (Å²) < 4.78 is 37.5. The minimum atomic E-state index is -4.40. The van der Waals surface area contributed by atoms with Gasteiger partial charge in [0.1, 0.15) is 0 Å². The zero-order valence-corrected chi connectivity index (χ0v) is 17.0. The standard InChI is InChI=1S/C17H23F3N4O.HI/c1-3-21-16(24-14-10-11(14)2)23-9-8-22-15(25)12-4-6-13(7-5-12)17(18,19)20;/h4-7,11,14H,3,8-10H2,1-2H3,(H,22,25)(H2,21,23,24);1H. The van der Waals surface area contributed by atoms with E-state index in [9.17, 15) is 18.0 Å². The molecule has 2 rings (SSSR count). The van der Waals surface area contributed by atoms with Crippen LogP contribution in [0.5, 0.6) is 0 Å². The Bertz CT molecular complexity index is 619. The summed E-state index contributed by atoms with van der Waals surface area (Å²) in [7, 11) is 0. The minimum Gasteiger partial charge on any atom is -0.357 e. The first-order valence-corrected chi connectivity index (χ1v) is 8.31. The van der Waals surface area contributed by atoms with Crippen LogP contribution in [-0.4, -0.2) is 37.5 Å². The first-order chi connectivity index (χ1) is 11.8. The third-order valence-corrected chi connectivity index (χ3v) is 3.92. The van der Waals surface area contributed by atoms with Gasteiger partial charge in [-0.15, -0.1) is 24.0 Å². The number of nitrogens with one attached hydrogen (secondary N) is 3. The lowest BCUT2D eigenvalue weighted by Crippen LogP contribution is -2.39. The van der Waals surface area contributed by atoms with E-state index in [4.69, 9.17) is 0 Å². The second-order valence-corrected chi connectivity index (χ2v) is 6.06. The average molecular weight is 484 g/mol. The molecule has 0 aliphatic heterocycles. The molecule has 1 aliphatic rings. The van der Waals surface area contributed by atoms with E-state index in [1.807, 2.05) is 6.92 Å². The SMILES string of the molecule is CCNC(=NCCNC(=O)c1ccc(C(F)(F)F)cc1)NC1CC1C.I. The van der Waals surface area contributed by atoms with E-state index in [1.165, 1.54) is 12.1 Å². The molecule has 0 radical (unpaired) electrons. The fourth-order valence-electron chi connectivity index (χ4n) is 2.27. The molecule has 0 aromatic heterocycles. The van der Waals surface area contributed by atoms with Crippen molar-refractivity contribution in [2.24, 2.45) is 10.9 Å². The second kappa shape index (κ2) is 9.98. The maximum Gasteiger partial charge on any atom is 0.416 e. The number of benzene rings is 1. The number of rotatable bonds is 6. The fraction of sp³-hybridized carbons (Fsp3) is 0.529. The topological polar surface area (TPSA) is 65.5 Å². The zero-order valence-electron chi connectivity index (χ0n) is 14.7. The van der Waals surface area contributed by atoms with Crippen LogP contribution in [0.2, 0.25) is 0 Å². The number of carbonyl (C=O) groups is 1. The number of carbonyl (C=O) groups excluding carboxylic acids is 1. The number of amides is 1. The normalized spacial score (nSPS) is 19.3. The fourth-order valence-corrected chi connectivity index (χ4v) is 2.27. The molecule has 9 heteroatoms. The van der Waals surface area contributed by atoms with Crippen LogP contribution >= 0.6 is 24.0 Å². The van der Waals surface area contributed by atoms with Gasteiger partial charge in [-0.05, 0) is 43.5 Å². The number of nitrogens with zero attached hydrogens (tertiary/aromatic N) is 1. The smallest absolute Gasteiger partial charge is 0.357 e. The van der Waals surface area contributed by atoms with Crippen molar-refractivity contribution in [3.8, 4) is 0 Å². The van der Waals surface area contributed by atoms with Crippen molar-refractivity contribution in [1.82, 2.24) is 16.0 Å². The van der Waals surface area contributed by atoms with Crippen molar-refractivity contribution >= 4 is 35.8 Å². The molecular weight excluding hydrogens is 460 g/mol. The van der Waals surface area contributed by atoms with Gasteiger partial charge in [0.2, 0.25) is 0 Å². The van der Waals surface area contributed by atoms with Crippen LogP contribution in [0.25, 0.3) is 0 Å². The van der Waals surface area contributed by atoms with Gasteiger partial charge in [0, 0.05) is 24.7 Å². The molecule has 0 spiro atoms. The van der Waals surface area contributed by atoms with E-state index in [-0.39, 0.29) is 29.5 Å². The lowest BCUT2D eigenvalue weighted by molar-refractivity contribution is -0.137. The summed E-state index contributed by atoms with van der Waals surface area (Å²) in [6, 6.07) is 4.58. The monoisotopic (exact) mass is 484 g/mol. The molecule has 5 nitrogen and oxygen atoms in total. The maximum absolute atomic E-state index is 12.5. The van der Waals surface area contributed by atoms with Gasteiger partial charge in [-0.25, -0.2) is 0 Å². The van der Waals surface area contributed by atoms with Crippen LogP contribution < -0.4 is 16.0 Å². The van der Waals surface area contributed by atoms with Crippen LogP contribution in [-0.2, 0) is 6.18 Å². The highest BCUT2D eigenvalue weighted by molar-refractivity contribution is 14.0. The Labute approximate surface area is 168 Å². The Morgan fingerprint density at radius 1 is 1.23 bits per heavy atom. The molecule has 0 saturated heterocycles. The molecular formula is C17H24F3IN4O. The third kappa shape index (κ3) is 7.00. The molecule has 1 fully saturated rings. The Morgan fingerprint density at radius 2 is 1.85 bits per heavy atom. The van der Waals surface area contributed by atoms with Crippen molar-refractivity contribution in [1.29, 1.82) is 0 Å². The molecule has 0 heterocycles. The number of hydrogen-bond acceptors (Lipinski definition) is 2. The van der Waals surface area contributed by atoms with Crippen molar-refractivity contribution < 1.29 is 18.0 Å². The van der Waals surface area contributed by atoms with Crippen LogP contribution in [0.4, 0.5) is 13.2 Å². The molecule has 1 amide bonds. The molecule has 0 bridgehead atoms. The second-order valence-electron chi connectivity index (χ2n) is 6.06. The predicted octanol–water partition coefficient (Wildman–Crippen LogP) is 3.02. The Kier molecular flexibility index (Phi) is 8.65. The average Bonchev–Trinajstić information content (AvgIpc) is 3.25. The number of halogens is 4. The molecule has 1 aromatic carbocycles. The summed E-state index contributed by atoms with van der Waals surface area (Å²) in [4.78, 5) is 16.3. The van der Waals surface area contributed by atoms with Gasteiger partial charge in [0.15, 0.2) is 5.96 Å². The predicted molar refractivity (Wildman–Crippen MR) is 106 cm³/mol. The van der Waals surface area contributed by atoms with Crippen LogP contribution in [0, 0.1) is 5.92 Å². The summed E-state index contributed by atoms with van der Waals surface area (Å²) in [5, 5.41) is 9.09.